The van der Waals surface area contributed by atoms with Gasteiger partial charge in [-0.3, -0.25) is 19.8 Å². The van der Waals surface area contributed by atoms with Crippen LogP contribution in [0.1, 0.15) is 19.3 Å². The maximum absolute atomic E-state index is 10.8. The molecule has 0 unspecified atom stereocenters. The number of nitrogens with one attached hydrogen (secondary N) is 2. The molecule has 0 heterocycles. The van der Waals surface area contributed by atoms with Crippen molar-refractivity contribution >= 4 is 17.8 Å². The van der Waals surface area contributed by atoms with E-state index < -0.39 is 18.3 Å². The number of amides is 2. The highest BCUT2D eigenvalue weighted by Gasteiger charge is 2.06. The Hall–Kier alpha value is -1.63. The van der Waals surface area contributed by atoms with Crippen molar-refractivity contribution < 1.29 is 19.5 Å². The third-order valence-electron chi connectivity index (χ3n) is 1.38. The van der Waals surface area contributed by atoms with Crippen molar-refractivity contribution in [2.24, 2.45) is 5.84 Å². The second kappa shape index (κ2) is 6.84. The predicted octanol–water partition coefficient (Wildman–Crippen LogP) is -1.65. The molecule has 0 radical (unpaired) electrons. The summed E-state index contributed by atoms with van der Waals surface area (Å²) in [5, 5.41) is 10.6. The summed E-state index contributed by atoms with van der Waals surface area (Å²) in [6.07, 6.45) is 0.0708. The molecule has 0 rings (SSSR count). The lowest BCUT2D eigenvalue weighted by atomic mass is 10.3. The number of hydrazine groups is 1. The van der Waals surface area contributed by atoms with Crippen LogP contribution in [0.25, 0.3) is 0 Å². The van der Waals surface area contributed by atoms with E-state index in [2.05, 4.69) is 5.32 Å². The molecule has 0 saturated carbocycles. The van der Waals surface area contributed by atoms with E-state index in [1.54, 1.807) is 0 Å². The average molecular weight is 203 g/mol. The molecule has 80 valence electrons. The fourth-order valence-corrected chi connectivity index (χ4v) is 0.749. The van der Waals surface area contributed by atoms with Crippen molar-refractivity contribution in [3.8, 4) is 0 Å². The van der Waals surface area contributed by atoms with E-state index in [0.717, 1.165) is 0 Å². The van der Waals surface area contributed by atoms with Crippen molar-refractivity contribution in [1.29, 1.82) is 0 Å². The van der Waals surface area contributed by atoms with E-state index in [1.165, 1.54) is 0 Å². The maximum Gasteiger partial charge on any atom is 0.312 e. The SMILES string of the molecule is NNC(=O)CCCNC(=O)CC(=O)O. The summed E-state index contributed by atoms with van der Waals surface area (Å²) in [4.78, 5) is 31.4. The Labute approximate surface area is 80.6 Å². The molecule has 7 heteroatoms. The highest BCUT2D eigenvalue weighted by atomic mass is 16.4. The Balaban J connectivity index is 3.40. The summed E-state index contributed by atoms with van der Waals surface area (Å²) >= 11 is 0. The smallest absolute Gasteiger partial charge is 0.312 e. The first-order valence-corrected chi connectivity index (χ1v) is 4.04. The monoisotopic (exact) mass is 203 g/mol. The standard InChI is InChI=1S/C7H13N3O4/c8-10-5(11)2-1-3-9-6(12)4-7(13)14/h1-4,8H2,(H,9,12)(H,10,11)(H,13,14). The average Bonchev–Trinajstić information content (AvgIpc) is 2.10. The topological polar surface area (TPSA) is 122 Å². The van der Waals surface area contributed by atoms with Crippen molar-refractivity contribution in [3.05, 3.63) is 0 Å². The number of hydrogen-bond donors (Lipinski definition) is 4. The number of carboxylic acid groups (broad SMARTS) is 1. The molecule has 0 aromatic heterocycles. The van der Waals surface area contributed by atoms with Gasteiger partial charge in [0.2, 0.25) is 11.8 Å². The van der Waals surface area contributed by atoms with Crippen LogP contribution in [0.15, 0.2) is 0 Å². The Bertz CT molecular complexity index is 229. The molecule has 0 bridgehead atoms. The number of aliphatic carboxylic acids is 1. The molecule has 0 fully saturated rings. The lowest BCUT2D eigenvalue weighted by molar-refractivity contribution is -0.140. The van der Waals surface area contributed by atoms with Gasteiger partial charge in [-0.15, -0.1) is 0 Å². The van der Waals surface area contributed by atoms with Crippen LogP contribution in [0.4, 0.5) is 0 Å². The first-order valence-electron chi connectivity index (χ1n) is 4.04. The van der Waals surface area contributed by atoms with Crippen LogP contribution >= 0.6 is 0 Å². The number of nitrogens with two attached hydrogens (primary N) is 1. The van der Waals surface area contributed by atoms with Gasteiger partial charge < -0.3 is 10.4 Å². The molecule has 0 aliphatic rings. The first kappa shape index (κ1) is 12.4. The van der Waals surface area contributed by atoms with Gasteiger partial charge in [-0.25, -0.2) is 5.84 Å². The van der Waals surface area contributed by atoms with Gasteiger partial charge in [0.1, 0.15) is 6.42 Å². The van der Waals surface area contributed by atoms with Crippen LogP contribution in [-0.2, 0) is 14.4 Å². The molecule has 0 atom stereocenters. The molecule has 0 aromatic carbocycles. The van der Waals surface area contributed by atoms with Gasteiger partial charge in [-0.2, -0.15) is 0 Å². The van der Waals surface area contributed by atoms with E-state index in [4.69, 9.17) is 10.9 Å². The summed E-state index contributed by atoms with van der Waals surface area (Å²) in [7, 11) is 0. The molecule has 0 aliphatic heterocycles. The van der Waals surface area contributed by atoms with Gasteiger partial charge in [-0.05, 0) is 6.42 Å². The van der Waals surface area contributed by atoms with E-state index in [9.17, 15) is 14.4 Å². The van der Waals surface area contributed by atoms with Crippen LogP contribution in [0.2, 0.25) is 0 Å². The molecule has 0 saturated heterocycles. The third kappa shape index (κ3) is 7.04. The molecular weight excluding hydrogens is 190 g/mol. The second-order valence-electron chi connectivity index (χ2n) is 2.59. The fraction of sp³-hybridized carbons (Fsp3) is 0.571. The van der Waals surface area contributed by atoms with Crippen LogP contribution in [-0.4, -0.2) is 29.4 Å². The Kier molecular flexibility index (Phi) is 6.04. The van der Waals surface area contributed by atoms with Crippen molar-refractivity contribution in [2.45, 2.75) is 19.3 Å². The number of rotatable bonds is 6. The van der Waals surface area contributed by atoms with E-state index in [-0.39, 0.29) is 18.9 Å². The molecule has 0 aromatic rings. The zero-order valence-corrected chi connectivity index (χ0v) is 7.58. The minimum atomic E-state index is -1.18. The van der Waals surface area contributed by atoms with Crippen molar-refractivity contribution in [2.75, 3.05) is 6.54 Å². The first-order chi connectivity index (χ1) is 6.56. The van der Waals surface area contributed by atoms with E-state index in [0.29, 0.717) is 6.42 Å². The van der Waals surface area contributed by atoms with E-state index in [1.807, 2.05) is 5.43 Å². The van der Waals surface area contributed by atoms with Crippen LogP contribution in [0.3, 0.4) is 0 Å². The minimum absolute atomic E-state index is 0.198. The van der Waals surface area contributed by atoms with Gasteiger partial charge in [0.25, 0.3) is 0 Å². The molecule has 14 heavy (non-hydrogen) atoms. The van der Waals surface area contributed by atoms with Crippen LogP contribution < -0.4 is 16.6 Å². The van der Waals surface area contributed by atoms with Crippen LogP contribution in [0, 0.1) is 0 Å². The Morgan fingerprint density at radius 2 is 1.86 bits per heavy atom. The fourth-order valence-electron chi connectivity index (χ4n) is 0.749. The third-order valence-corrected chi connectivity index (χ3v) is 1.38. The lowest BCUT2D eigenvalue weighted by Gasteiger charge is -2.02. The largest absolute Gasteiger partial charge is 0.481 e. The summed E-state index contributed by atoms with van der Waals surface area (Å²) in [6, 6.07) is 0. The Morgan fingerprint density at radius 1 is 1.21 bits per heavy atom. The second-order valence-corrected chi connectivity index (χ2v) is 2.59. The predicted molar refractivity (Wildman–Crippen MR) is 46.8 cm³/mol. The van der Waals surface area contributed by atoms with Gasteiger partial charge >= 0.3 is 5.97 Å². The highest BCUT2D eigenvalue weighted by Crippen LogP contribution is 1.86. The summed E-state index contributed by atoms with van der Waals surface area (Å²) in [5.41, 5.74) is 1.94. The molecule has 0 aliphatic carbocycles. The summed E-state index contributed by atoms with van der Waals surface area (Å²) in [5.74, 6) is 2.75. The van der Waals surface area contributed by atoms with Gasteiger partial charge in [0, 0.05) is 13.0 Å². The summed E-state index contributed by atoms with van der Waals surface area (Å²) < 4.78 is 0. The number of carbonyl (C=O) groups is 3. The molecule has 7 nitrogen and oxygen atoms in total. The van der Waals surface area contributed by atoms with Crippen molar-refractivity contribution in [1.82, 2.24) is 10.7 Å². The number of carboxylic acids is 1. The molecule has 2 amide bonds. The number of carbonyl (C=O) groups excluding carboxylic acids is 2. The zero-order valence-electron chi connectivity index (χ0n) is 7.58. The normalized spacial score (nSPS) is 9.21. The van der Waals surface area contributed by atoms with Gasteiger partial charge in [-0.1, -0.05) is 0 Å². The molecule has 5 N–H and O–H groups in total. The number of hydrogen-bond acceptors (Lipinski definition) is 4. The lowest BCUT2D eigenvalue weighted by Crippen LogP contribution is -2.31. The van der Waals surface area contributed by atoms with Crippen molar-refractivity contribution in [3.63, 3.8) is 0 Å². The zero-order chi connectivity index (χ0) is 11.0. The Morgan fingerprint density at radius 3 is 2.36 bits per heavy atom. The molecular formula is C7H13N3O4. The molecule has 0 spiro atoms. The highest BCUT2D eigenvalue weighted by molar-refractivity contribution is 5.93. The summed E-state index contributed by atoms with van der Waals surface area (Å²) in [6.45, 7) is 0.263. The maximum atomic E-state index is 10.8. The van der Waals surface area contributed by atoms with Crippen LogP contribution in [0.5, 0.6) is 0 Å². The van der Waals surface area contributed by atoms with E-state index >= 15 is 0 Å². The minimum Gasteiger partial charge on any atom is -0.481 e. The quantitative estimate of drug-likeness (QED) is 0.135. The van der Waals surface area contributed by atoms with Gasteiger partial charge in [0.15, 0.2) is 0 Å². The van der Waals surface area contributed by atoms with Gasteiger partial charge in [0.05, 0.1) is 0 Å².